The van der Waals surface area contributed by atoms with Crippen LogP contribution in [0.4, 0.5) is 0 Å². The summed E-state index contributed by atoms with van der Waals surface area (Å²) in [6.07, 6.45) is 3.35. The summed E-state index contributed by atoms with van der Waals surface area (Å²) in [6.45, 7) is 2.09. The van der Waals surface area contributed by atoms with Crippen LogP contribution in [0.15, 0.2) is 36.7 Å². The molecule has 1 aliphatic rings. The highest BCUT2D eigenvalue weighted by atomic mass is 16.5. The predicted molar refractivity (Wildman–Crippen MR) is 88.9 cm³/mol. The molecule has 1 aromatic heterocycles. The van der Waals surface area contributed by atoms with Crippen LogP contribution in [0.3, 0.4) is 0 Å². The lowest BCUT2D eigenvalue weighted by Gasteiger charge is -2.15. The van der Waals surface area contributed by atoms with E-state index >= 15 is 0 Å². The lowest BCUT2D eigenvalue weighted by atomic mass is 10.2. The Balaban J connectivity index is 1.51. The van der Waals surface area contributed by atoms with Gasteiger partial charge in [-0.05, 0) is 50.1 Å². The summed E-state index contributed by atoms with van der Waals surface area (Å²) >= 11 is 0. The average Bonchev–Trinajstić information content (AvgIpc) is 3.45. The molecule has 6 nitrogen and oxygen atoms in total. The van der Waals surface area contributed by atoms with Crippen molar-refractivity contribution in [3.05, 3.63) is 48.0 Å². The zero-order valence-electron chi connectivity index (χ0n) is 13.9. The molecule has 1 saturated carbocycles. The molecule has 1 aliphatic carbocycles. The number of ether oxygens (including phenoxy) is 2. The molecule has 1 aromatic carbocycles. The Morgan fingerprint density at radius 3 is 2.62 bits per heavy atom. The molecule has 0 spiro atoms. The van der Waals surface area contributed by atoms with Crippen LogP contribution in [0.25, 0.3) is 0 Å². The van der Waals surface area contributed by atoms with Crippen molar-refractivity contribution >= 4 is 5.91 Å². The maximum absolute atomic E-state index is 12.2. The van der Waals surface area contributed by atoms with Crippen molar-refractivity contribution in [2.75, 3.05) is 7.11 Å². The molecule has 2 aromatic rings. The van der Waals surface area contributed by atoms with Gasteiger partial charge in [0.15, 0.2) is 6.10 Å². The topological polar surface area (TPSA) is 73.3 Å². The van der Waals surface area contributed by atoms with Crippen molar-refractivity contribution in [1.82, 2.24) is 15.3 Å². The van der Waals surface area contributed by atoms with E-state index in [0.29, 0.717) is 18.2 Å². The molecule has 3 rings (SSSR count). The third-order valence-electron chi connectivity index (χ3n) is 3.93. The van der Waals surface area contributed by atoms with Gasteiger partial charge in [-0.3, -0.25) is 4.79 Å². The molecule has 126 valence electrons. The second-order valence-corrected chi connectivity index (χ2v) is 5.86. The number of benzene rings is 1. The van der Waals surface area contributed by atoms with Gasteiger partial charge in [-0.1, -0.05) is 0 Å². The minimum absolute atomic E-state index is 0.183. The largest absolute Gasteiger partial charge is 0.497 e. The monoisotopic (exact) mass is 327 g/mol. The summed E-state index contributed by atoms with van der Waals surface area (Å²) in [5.74, 6) is 1.75. The summed E-state index contributed by atoms with van der Waals surface area (Å²) < 4.78 is 10.7. The molecule has 0 bridgehead atoms. The number of hydrogen-bond acceptors (Lipinski definition) is 5. The molecular formula is C18H21N3O3. The Labute approximate surface area is 141 Å². The van der Waals surface area contributed by atoms with Crippen molar-refractivity contribution in [2.45, 2.75) is 38.3 Å². The lowest BCUT2D eigenvalue weighted by molar-refractivity contribution is -0.127. The zero-order valence-corrected chi connectivity index (χ0v) is 13.9. The summed E-state index contributed by atoms with van der Waals surface area (Å²) in [7, 11) is 1.60. The quantitative estimate of drug-likeness (QED) is 0.845. The molecule has 0 saturated heterocycles. The van der Waals surface area contributed by atoms with E-state index < -0.39 is 6.10 Å². The standard InChI is InChI=1S/C18H21N3O3/c1-12(24-16-7-5-15(23-2)6-8-16)18(22)19-10-14-9-17(13-3-4-13)21-11-20-14/h5-9,11-13H,3-4,10H2,1-2H3,(H,19,22). The maximum Gasteiger partial charge on any atom is 0.261 e. The molecule has 1 atom stereocenters. The first-order valence-corrected chi connectivity index (χ1v) is 8.05. The number of carbonyl (C=O) groups excluding carboxylic acids is 1. The first-order valence-electron chi connectivity index (χ1n) is 8.05. The smallest absolute Gasteiger partial charge is 0.261 e. The van der Waals surface area contributed by atoms with E-state index in [0.717, 1.165) is 17.1 Å². The maximum atomic E-state index is 12.2. The Bertz CT molecular complexity index is 699. The van der Waals surface area contributed by atoms with Gasteiger partial charge < -0.3 is 14.8 Å². The van der Waals surface area contributed by atoms with Gasteiger partial charge in [0.25, 0.3) is 5.91 Å². The van der Waals surface area contributed by atoms with Gasteiger partial charge in [0.1, 0.15) is 17.8 Å². The fourth-order valence-corrected chi connectivity index (χ4v) is 2.35. The first-order chi connectivity index (χ1) is 11.7. The Hall–Kier alpha value is -2.63. The minimum Gasteiger partial charge on any atom is -0.497 e. The van der Waals surface area contributed by atoms with Gasteiger partial charge in [-0.25, -0.2) is 9.97 Å². The van der Waals surface area contributed by atoms with Crippen molar-refractivity contribution in [3.63, 3.8) is 0 Å². The lowest BCUT2D eigenvalue weighted by Crippen LogP contribution is -2.36. The van der Waals surface area contributed by atoms with Gasteiger partial charge in [0, 0.05) is 11.6 Å². The van der Waals surface area contributed by atoms with E-state index in [1.165, 1.54) is 12.8 Å². The normalized spacial score (nSPS) is 14.8. The van der Waals surface area contributed by atoms with E-state index in [-0.39, 0.29) is 5.91 Å². The minimum atomic E-state index is -0.594. The molecule has 6 heteroatoms. The van der Waals surface area contributed by atoms with Crippen LogP contribution in [-0.2, 0) is 11.3 Å². The molecule has 1 amide bonds. The molecule has 0 aliphatic heterocycles. The van der Waals surface area contributed by atoms with Crippen LogP contribution in [0, 0.1) is 0 Å². The third-order valence-corrected chi connectivity index (χ3v) is 3.93. The fraction of sp³-hybridized carbons (Fsp3) is 0.389. The highest BCUT2D eigenvalue weighted by Gasteiger charge is 2.25. The second-order valence-electron chi connectivity index (χ2n) is 5.86. The second kappa shape index (κ2) is 7.29. The Kier molecular flexibility index (Phi) is 4.93. The fourth-order valence-electron chi connectivity index (χ4n) is 2.35. The molecule has 1 heterocycles. The molecule has 1 fully saturated rings. The number of amides is 1. The van der Waals surface area contributed by atoms with E-state index in [1.54, 1.807) is 44.6 Å². The predicted octanol–water partition coefficient (Wildman–Crippen LogP) is 2.45. The van der Waals surface area contributed by atoms with E-state index in [2.05, 4.69) is 15.3 Å². The molecule has 0 radical (unpaired) electrons. The van der Waals surface area contributed by atoms with Crippen LogP contribution in [0.5, 0.6) is 11.5 Å². The first kappa shape index (κ1) is 16.2. The van der Waals surface area contributed by atoms with Crippen LogP contribution in [-0.4, -0.2) is 29.1 Å². The van der Waals surface area contributed by atoms with E-state index in [4.69, 9.17) is 9.47 Å². The third kappa shape index (κ3) is 4.22. The molecule has 1 unspecified atom stereocenters. The van der Waals surface area contributed by atoms with Gasteiger partial charge in [0.05, 0.1) is 19.3 Å². The van der Waals surface area contributed by atoms with Crippen LogP contribution in [0.2, 0.25) is 0 Å². The number of rotatable bonds is 7. The van der Waals surface area contributed by atoms with Crippen LogP contribution >= 0.6 is 0 Å². The SMILES string of the molecule is COc1ccc(OC(C)C(=O)NCc2cc(C3CC3)ncn2)cc1. The van der Waals surface area contributed by atoms with Crippen LogP contribution < -0.4 is 14.8 Å². The van der Waals surface area contributed by atoms with E-state index in [9.17, 15) is 4.79 Å². The van der Waals surface area contributed by atoms with Gasteiger partial charge in [0.2, 0.25) is 0 Å². The highest BCUT2D eigenvalue weighted by Crippen LogP contribution is 2.38. The van der Waals surface area contributed by atoms with E-state index in [1.807, 2.05) is 6.07 Å². The van der Waals surface area contributed by atoms with Gasteiger partial charge >= 0.3 is 0 Å². The Morgan fingerprint density at radius 2 is 1.96 bits per heavy atom. The van der Waals surface area contributed by atoms with Crippen molar-refractivity contribution in [3.8, 4) is 11.5 Å². The van der Waals surface area contributed by atoms with Crippen molar-refractivity contribution < 1.29 is 14.3 Å². The summed E-state index contributed by atoms with van der Waals surface area (Å²) in [5.41, 5.74) is 1.88. The average molecular weight is 327 g/mol. The Morgan fingerprint density at radius 1 is 1.25 bits per heavy atom. The number of methoxy groups -OCH3 is 1. The number of nitrogens with one attached hydrogen (secondary N) is 1. The number of nitrogens with zero attached hydrogens (tertiary/aromatic N) is 2. The van der Waals surface area contributed by atoms with Crippen LogP contribution in [0.1, 0.15) is 37.1 Å². The highest BCUT2D eigenvalue weighted by molar-refractivity contribution is 5.80. The molecule has 24 heavy (non-hydrogen) atoms. The van der Waals surface area contributed by atoms with Gasteiger partial charge in [-0.15, -0.1) is 0 Å². The number of aromatic nitrogens is 2. The van der Waals surface area contributed by atoms with Crippen molar-refractivity contribution in [1.29, 1.82) is 0 Å². The molecular weight excluding hydrogens is 306 g/mol. The molecule has 1 N–H and O–H groups in total. The van der Waals surface area contributed by atoms with Gasteiger partial charge in [-0.2, -0.15) is 0 Å². The number of hydrogen-bond donors (Lipinski definition) is 1. The summed E-state index contributed by atoms with van der Waals surface area (Å²) in [5, 5.41) is 2.85. The van der Waals surface area contributed by atoms with Crippen molar-refractivity contribution in [2.24, 2.45) is 0 Å². The summed E-state index contributed by atoms with van der Waals surface area (Å²) in [4.78, 5) is 20.6. The zero-order chi connectivity index (χ0) is 16.9. The summed E-state index contributed by atoms with van der Waals surface area (Å²) in [6, 6.07) is 9.09. The number of carbonyl (C=O) groups is 1.